The first-order chi connectivity index (χ1) is 15.8. The van der Waals surface area contributed by atoms with E-state index in [1.165, 1.54) is 0 Å². The van der Waals surface area contributed by atoms with Gasteiger partial charge < -0.3 is 43.8 Å². The molecule has 0 bridgehead atoms. The number of para-hydroxylation sites is 1. The molecule has 0 aliphatic carbocycles. The second kappa shape index (κ2) is 13.2. The number of aliphatic hydroxyl groups is 1. The van der Waals surface area contributed by atoms with Crippen LogP contribution in [0, 0.1) is 0 Å². The predicted octanol–water partition coefficient (Wildman–Crippen LogP) is -1.25. The summed E-state index contributed by atoms with van der Waals surface area (Å²) in [6.07, 6.45) is -0.541. The summed E-state index contributed by atoms with van der Waals surface area (Å²) in [6, 6.07) is 12.5. The molecule has 3 atom stereocenters. The van der Waals surface area contributed by atoms with Crippen molar-refractivity contribution in [1.29, 1.82) is 0 Å². The Morgan fingerprint density at radius 1 is 1.15 bits per heavy atom. The fraction of sp³-hybridized carbons (Fsp3) is 0.409. The summed E-state index contributed by atoms with van der Waals surface area (Å²) >= 11 is 0. The van der Waals surface area contributed by atoms with Crippen LogP contribution in [0.1, 0.15) is 19.4 Å². The van der Waals surface area contributed by atoms with Crippen LogP contribution in [0.3, 0.4) is 0 Å². The minimum atomic E-state index is -3.98. The molecule has 0 saturated carbocycles. The maximum atomic E-state index is 11.6. The van der Waals surface area contributed by atoms with Gasteiger partial charge in [0.25, 0.3) is 0 Å². The monoisotopic (exact) mass is 485 g/mol. The first kappa shape index (κ1) is 28.2. The summed E-state index contributed by atoms with van der Waals surface area (Å²) in [5.41, 5.74) is 1.93. The summed E-state index contributed by atoms with van der Waals surface area (Å²) in [7, 11) is -3.98. The molecule has 10 nitrogen and oxygen atoms in total. The van der Waals surface area contributed by atoms with E-state index in [-0.39, 0.29) is 43.8 Å². The molecule has 1 heterocycles. The Labute approximate surface area is 209 Å². The van der Waals surface area contributed by atoms with Crippen molar-refractivity contribution in [2.75, 3.05) is 26.1 Å². The van der Waals surface area contributed by atoms with E-state index in [0.717, 1.165) is 5.56 Å². The maximum Gasteiger partial charge on any atom is 1.00 e. The van der Waals surface area contributed by atoms with Gasteiger partial charge in [0, 0.05) is 12.6 Å². The number of fused-ring (bicyclic) bond motifs is 1. The third-order valence-corrected chi connectivity index (χ3v) is 5.92. The van der Waals surface area contributed by atoms with Gasteiger partial charge in [-0.25, -0.2) is 4.79 Å². The molecule has 0 fully saturated rings. The van der Waals surface area contributed by atoms with Crippen LogP contribution < -0.4 is 44.2 Å². The normalized spacial score (nSPS) is 14.7. The van der Waals surface area contributed by atoms with E-state index in [1.54, 1.807) is 37.3 Å². The number of rotatable bonds is 13. The van der Waals surface area contributed by atoms with Crippen LogP contribution in [0.15, 0.2) is 47.3 Å². The molecule has 3 rings (SSSR count). The van der Waals surface area contributed by atoms with Crippen LogP contribution in [0.2, 0.25) is 0 Å². The Morgan fingerprint density at radius 2 is 1.88 bits per heavy atom. The number of H-pyrrole nitrogens is 2. The van der Waals surface area contributed by atoms with Gasteiger partial charge in [-0.05, 0) is 50.1 Å². The van der Waals surface area contributed by atoms with E-state index >= 15 is 0 Å². The molecule has 0 spiro atoms. The Hall–Kier alpha value is -2.02. The fourth-order valence-corrected chi connectivity index (χ4v) is 4.04. The Kier molecular flexibility index (Phi) is 10.9. The van der Waals surface area contributed by atoms with E-state index in [0.29, 0.717) is 35.5 Å². The minimum Gasteiger partial charge on any atom is -0.776 e. The van der Waals surface area contributed by atoms with Gasteiger partial charge in [-0.15, -0.1) is 0 Å². The van der Waals surface area contributed by atoms with Gasteiger partial charge in [-0.3, -0.25) is 0 Å². The molecular formula is C22H29LiN3O7P. The van der Waals surface area contributed by atoms with E-state index in [2.05, 4.69) is 19.8 Å². The molecule has 180 valence electrons. The van der Waals surface area contributed by atoms with Crippen LogP contribution in [0.5, 0.6) is 11.5 Å². The number of nitrogens with one attached hydrogen (secondary N) is 3. The molecule has 0 saturated heterocycles. The third-order valence-electron chi connectivity index (χ3n) is 4.83. The van der Waals surface area contributed by atoms with Gasteiger partial charge in [0.1, 0.15) is 29.7 Å². The van der Waals surface area contributed by atoms with Crippen molar-refractivity contribution in [2.24, 2.45) is 0 Å². The predicted molar refractivity (Wildman–Crippen MR) is 123 cm³/mol. The average molecular weight is 485 g/mol. The molecule has 0 radical (unpaired) electrons. The molecular weight excluding hydrogens is 456 g/mol. The number of ether oxygens (including phenoxy) is 2. The molecule has 1 unspecified atom stereocenters. The largest absolute Gasteiger partial charge is 1.00 e. The van der Waals surface area contributed by atoms with Gasteiger partial charge in [0.2, 0.25) is 0 Å². The number of benzene rings is 2. The molecule has 3 aromatic rings. The van der Waals surface area contributed by atoms with Gasteiger partial charge in [-0.2, -0.15) is 0 Å². The second-order valence-corrected chi connectivity index (χ2v) is 9.42. The van der Waals surface area contributed by atoms with Crippen molar-refractivity contribution < 1.29 is 47.4 Å². The fourth-order valence-electron chi connectivity index (χ4n) is 3.27. The molecule has 0 amide bonds. The van der Waals surface area contributed by atoms with E-state index < -0.39 is 20.0 Å². The Bertz CT molecular complexity index is 1140. The second-order valence-electron chi connectivity index (χ2n) is 7.68. The summed E-state index contributed by atoms with van der Waals surface area (Å²) < 4.78 is 27.2. The third kappa shape index (κ3) is 8.64. The van der Waals surface area contributed by atoms with Crippen molar-refractivity contribution in [1.82, 2.24) is 15.3 Å². The van der Waals surface area contributed by atoms with Gasteiger partial charge in [0.05, 0.1) is 12.1 Å². The number of imidazole rings is 1. The first-order valence-corrected chi connectivity index (χ1v) is 12.4. The van der Waals surface area contributed by atoms with E-state index in [1.807, 2.05) is 19.1 Å². The van der Waals surface area contributed by atoms with Gasteiger partial charge in [-0.1, -0.05) is 18.2 Å². The minimum absolute atomic E-state index is 0. The zero-order valence-corrected chi connectivity index (χ0v) is 20.5. The SMILES string of the molecule is CCOP(=O)([O-])COc1ccc(C[C@@H](C)NC[C@H](O)COc2cccc3[nH]c(=O)[nH]c23)cc1.[Li+]. The van der Waals surface area contributed by atoms with Gasteiger partial charge in [0.15, 0.2) is 13.9 Å². The van der Waals surface area contributed by atoms with Crippen molar-refractivity contribution in [3.63, 3.8) is 0 Å². The molecule has 34 heavy (non-hydrogen) atoms. The first-order valence-electron chi connectivity index (χ1n) is 10.7. The smallest absolute Gasteiger partial charge is 0.776 e. The van der Waals surface area contributed by atoms with Crippen molar-refractivity contribution in [3.05, 3.63) is 58.5 Å². The van der Waals surface area contributed by atoms with Crippen molar-refractivity contribution in [2.45, 2.75) is 32.4 Å². The number of hydrogen-bond acceptors (Lipinski definition) is 8. The average Bonchev–Trinajstić information content (AvgIpc) is 3.16. The van der Waals surface area contributed by atoms with Crippen LogP contribution in [0.25, 0.3) is 11.0 Å². The maximum absolute atomic E-state index is 11.6. The molecule has 0 aliphatic heterocycles. The number of aliphatic hydroxyl groups excluding tert-OH is 1. The van der Waals surface area contributed by atoms with Crippen LogP contribution >= 0.6 is 7.60 Å². The molecule has 1 aromatic heterocycles. The molecule has 0 aliphatic rings. The zero-order chi connectivity index (χ0) is 23.8. The topological polar surface area (TPSA) is 149 Å². The molecule has 2 aromatic carbocycles. The summed E-state index contributed by atoms with van der Waals surface area (Å²) in [6.45, 7) is 4.09. The van der Waals surface area contributed by atoms with E-state index in [4.69, 9.17) is 9.47 Å². The summed E-state index contributed by atoms with van der Waals surface area (Å²) in [5.74, 6) is 0.941. The van der Waals surface area contributed by atoms with Crippen LogP contribution in [-0.2, 0) is 15.5 Å². The standard InChI is InChI=1S/C22H30N3O7P.Li/c1-3-32-33(28,29)14-31-18-9-7-16(8-10-18)11-15(2)23-12-17(26)13-30-20-6-4-5-19-21(20)25-22(27)24-19;/h4-10,15,17,23,26H,3,11-14H2,1-2H3,(H,28,29)(H2,24,25,27);/q;+1/p-1/t15-,17+;/m1./s1. The Balaban J connectivity index is 0.00000408. The number of aromatic amines is 2. The van der Waals surface area contributed by atoms with Crippen molar-refractivity contribution >= 4 is 18.6 Å². The van der Waals surface area contributed by atoms with Crippen LogP contribution in [-0.4, -0.2) is 53.3 Å². The molecule has 4 N–H and O–H groups in total. The van der Waals surface area contributed by atoms with E-state index in [9.17, 15) is 19.4 Å². The van der Waals surface area contributed by atoms with Crippen LogP contribution in [0.4, 0.5) is 0 Å². The summed E-state index contributed by atoms with van der Waals surface area (Å²) in [4.78, 5) is 28.4. The quantitative estimate of drug-likeness (QED) is 0.173. The van der Waals surface area contributed by atoms with Crippen molar-refractivity contribution in [3.8, 4) is 11.5 Å². The molecule has 12 heteroatoms. The Morgan fingerprint density at radius 3 is 2.59 bits per heavy atom. The van der Waals surface area contributed by atoms with Gasteiger partial charge >= 0.3 is 24.6 Å². The number of aromatic nitrogens is 2. The summed E-state index contributed by atoms with van der Waals surface area (Å²) in [5, 5.41) is 13.5. The zero-order valence-electron chi connectivity index (χ0n) is 19.6. The number of hydrogen-bond donors (Lipinski definition) is 4.